The number of fused-ring (bicyclic) bond motifs is 1. The predicted octanol–water partition coefficient (Wildman–Crippen LogP) is 5.41. The normalized spacial score (nSPS) is 23.9. The average Bonchev–Trinajstić information content (AvgIpc) is 3.46. The Morgan fingerprint density at radius 1 is 1.25 bits per heavy atom. The molecule has 1 atom stereocenters. The minimum Gasteiger partial charge on any atom is -0.353 e. The molecule has 1 aromatic carbocycles. The van der Waals surface area contributed by atoms with Gasteiger partial charge in [0.2, 0.25) is 0 Å². The Kier molecular flexibility index (Phi) is 5.43. The largest absolute Gasteiger partial charge is 0.353 e. The number of H-pyrrole nitrogens is 1. The number of aryl methyl sites for hydroxylation is 1. The first-order valence-electron chi connectivity index (χ1n) is 12.9. The Bertz CT molecular complexity index is 1500. The Labute approximate surface area is 215 Å². The van der Waals surface area contributed by atoms with Crippen molar-refractivity contribution in [2.24, 2.45) is 13.0 Å². The van der Waals surface area contributed by atoms with E-state index in [1.165, 1.54) is 19.3 Å². The molecular weight excluding hydrogens is 472 g/mol. The third-order valence-electron chi connectivity index (χ3n) is 8.47. The molecule has 4 aromatic rings. The highest BCUT2D eigenvalue weighted by atomic mass is 35.5. The van der Waals surface area contributed by atoms with Gasteiger partial charge in [0.05, 0.1) is 10.4 Å². The van der Waals surface area contributed by atoms with Gasteiger partial charge in [-0.1, -0.05) is 30.7 Å². The van der Waals surface area contributed by atoms with Crippen LogP contribution in [0.2, 0.25) is 5.02 Å². The van der Waals surface area contributed by atoms with Gasteiger partial charge in [-0.3, -0.25) is 9.36 Å². The van der Waals surface area contributed by atoms with E-state index in [9.17, 15) is 4.79 Å². The zero-order chi connectivity index (χ0) is 25.2. The molecule has 0 unspecified atom stereocenters. The third-order valence-corrected chi connectivity index (χ3v) is 8.77. The van der Waals surface area contributed by atoms with E-state index in [4.69, 9.17) is 11.6 Å². The van der Waals surface area contributed by atoms with E-state index in [-0.39, 0.29) is 22.6 Å². The van der Waals surface area contributed by atoms with Gasteiger partial charge in [-0.25, -0.2) is 0 Å². The maximum atomic E-state index is 13.7. The standard InChI is InChI=1S/C28H33ClN6O/c1-17-13-28(14-17,26-33-30-16-34(26)4)19-7-5-8-20(11-19)35-15-22(29)21-12-23(31-24(21)25(35)36)18(2)32-27(3)9-6-10-27/h5,7-8,11-12,15-18,31-32H,6,9-10,13-14H2,1-4H3/t17?,18-,28?/m1/s1. The Hall–Kier alpha value is -2.90. The summed E-state index contributed by atoms with van der Waals surface area (Å²) in [7, 11) is 1.99. The number of halogens is 1. The van der Waals surface area contributed by atoms with Gasteiger partial charge >= 0.3 is 0 Å². The zero-order valence-electron chi connectivity index (χ0n) is 21.3. The van der Waals surface area contributed by atoms with Crippen molar-refractivity contribution < 1.29 is 0 Å². The van der Waals surface area contributed by atoms with Crippen LogP contribution in [0.4, 0.5) is 0 Å². The second-order valence-electron chi connectivity index (χ2n) is 11.4. The fourth-order valence-electron chi connectivity index (χ4n) is 6.42. The molecule has 2 aliphatic rings. The summed E-state index contributed by atoms with van der Waals surface area (Å²) in [5.41, 5.74) is 3.33. The summed E-state index contributed by atoms with van der Waals surface area (Å²) in [4.78, 5) is 17.1. The highest BCUT2D eigenvalue weighted by Gasteiger charge is 2.48. The molecule has 0 radical (unpaired) electrons. The summed E-state index contributed by atoms with van der Waals surface area (Å²) < 4.78 is 3.67. The molecule has 0 amide bonds. The molecule has 2 aliphatic carbocycles. The van der Waals surface area contributed by atoms with Gasteiger partial charge in [0.25, 0.3) is 5.56 Å². The number of nitrogens with zero attached hydrogens (tertiary/aromatic N) is 4. The molecule has 0 bridgehead atoms. The van der Waals surface area contributed by atoms with Gasteiger partial charge in [-0.05, 0) is 75.6 Å². The van der Waals surface area contributed by atoms with Gasteiger partial charge < -0.3 is 14.9 Å². The molecule has 36 heavy (non-hydrogen) atoms. The summed E-state index contributed by atoms with van der Waals surface area (Å²) in [5, 5.41) is 13.6. The van der Waals surface area contributed by atoms with Gasteiger partial charge in [-0.15, -0.1) is 10.2 Å². The molecule has 3 aromatic heterocycles. The monoisotopic (exact) mass is 504 g/mol. The summed E-state index contributed by atoms with van der Waals surface area (Å²) in [6.45, 7) is 6.66. The number of nitrogens with one attached hydrogen (secondary N) is 2. The fourth-order valence-corrected chi connectivity index (χ4v) is 6.67. The SMILES string of the molecule is CC1CC(c2cccc(-n3cc(Cl)c4cc([C@@H](C)NC5(C)CCC5)[nH]c4c3=O)c2)(c2nncn2C)C1. The van der Waals surface area contributed by atoms with Crippen LogP contribution in [0.5, 0.6) is 0 Å². The van der Waals surface area contributed by atoms with E-state index >= 15 is 0 Å². The lowest BCUT2D eigenvalue weighted by Crippen LogP contribution is -2.49. The molecule has 8 heteroatoms. The van der Waals surface area contributed by atoms with Gasteiger partial charge in [0.1, 0.15) is 17.7 Å². The Morgan fingerprint density at radius 3 is 2.67 bits per heavy atom. The van der Waals surface area contributed by atoms with E-state index in [1.807, 2.05) is 29.8 Å². The number of rotatable bonds is 6. The van der Waals surface area contributed by atoms with E-state index in [0.717, 1.165) is 41.0 Å². The second kappa shape index (κ2) is 8.32. The van der Waals surface area contributed by atoms with Crippen molar-refractivity contribution in [3.63, 3.8) is 0 Å². The van der Waals surface area contributed by atoms with Crippen molar-refractivity contribution in [2.75, 3.05) is 0 Å². The molecule has 0 saturated heterocycles. The molecule has 7 nitrogen and oxygen atoms in total. The van der Waals surface area contributed by atoms with E-state index in [1.54, 1.807) is 17.1 Å². The maximum Gasteiger partial charge on any atom is 0.279 e. The van der Waals surface area contributed by atoms with Crippen LogP contribution in [-0.2, 0) is 12.5 Å². The minimum absolute atomic E-state index is 0.0989. The maximum absolute atomic E-state index is 13.7. The van der Waals surface area contributed by atoms with E-state index < -0.39 is 0 Å². The van der Waals surface area contributed by atoms with Crippen LogP contribution < -0.4 is 10.9 Å². The first-order chi connectivity index (χ1) is 17.2. The average molecular weight is 505 g/mol. The van der Waals surface area contributed by atoms with E-state index in [0.29, 0.717) is 16.5 Å². The van der Waals surface area contributed by atoms with E-state index in [2.05, 4.69) is 53.4 Å². The molecule has 3 heterocycles. The molecule has 188 valence electrons. The van der Waals surface area contributed by atoms with Crippen molar-refractivity contribution in [1.29, 1.82) is 0 Å². The van der Waals surface area contributed by atoms with Crippen LogP contribution in [0, 0.1) is 5.92 Å². The lowest BCUT2D eigenvalue weighted by molar-refractivity contribution is 0.185. The lowest BCUT2D eigenvalue weighted by atomic mass is 9.58. The van der Waals surface area contributed by atoms with Crippen LogP contribution in [0.25, 0.3) is 16.6 Å². The number of aromatic nitrogens is 5. The summed E-state index contributed by atoms with van der Waals surface area (Å²) in [5.74, 6) is 1.57. The van der Waals surface area contributed by atoms with Crippen molar-refractivity contribution in [3.8, 4) is 5.69 Å². The fraction of sp³-hybridized carbons (Fsp3) is 0.464. The lowest BCUT2D eigenvalue weighted by Gasteiger charge is -2.46. The summed E-state index contributed by atoms with van der Waals surface area (Å²) in [6, 6.07) is 10.3. The summed E-state index contributed by atoms with van der Waals surface area (Å²) >= 11 is 6.74. The quantitative estimate of drug-likeness (QED) is 0.368. The first kappa shape index (κ1) is 23.5. The number of aromatic amines is 1. The first-order valence-corrected chi connectivity index (χ1v) is 13.2. The van der Waals surface area contributed by atoms with Gasteiger partial charge in [-0.2, -0.15) is 0 Å². The van der Waals surface area contributed by atoms with Crippen LogP contribution in [-0.4, -0.2) is 29.9 Å². The number of pyridine rings is 1. The predicted molar refractivity (Wildman–Crippen MR) is 143 cm³/mol. The van der Waals surface area contributed by atoms with Gasteiger partial charge in [0, 0.05) is 41.6 Å². The number of benzene rings is 1. The second-order valence-corrected chi connectivity index (χ2v) is 11.8. The van der Waals surface area contributed by atoms with Crippen molar-refractivity contribution in [2.45, 2.75) is 69.9 Å². The zero-order valence-corrected chi connectivity index (χ0v) is 22.1. The van der Waals surface area contributed by atoms with Crippen LogP contribution >= 0.6 is 11.6 Å². The molecule has 2 saturated carbocycles. The van der Waals surface area contributed by atoms with Crippen LogP contribution in [0.15, 0.2) is 47.7 Å². The molecule has 2 N–H and O–H groups in total. The Balaban J connectivity index is 1.40. The van der Waals surface area contributed by atoms with Crippen molar-refractivity contribution in [1.82, 2.24) is 29.6 Å². The molecular formula is C28H33ClN6O. The third kappa shape index (κ3) is 3.63. The molecule has 2 fully saturated rings. The Morgan fingerprint density at radius 2 is 2.03 bits per heavy atom. The van der Waals surface area contributed by atoms with Crippen molar-refractivity contribution in [3.05, 3.63) is 75.3 Å². The minimum atomic E-state index is -0.198. The van der Waals surface area contributed by atoms with Crippen LogP contribution in [0.3, 0.4) is 0 Å². The topological polar surface area (TPSA) is 80.5 Å². The van der Waals surface area contributed by atoms with Gasteiger partial charge in [0.15, 0.2) is 0 Å². The summed E-state index contributed by atoms with van der Waals surface area (Å²) in [6.07, 6.45) is 9.11. The molecule has 0 aliphatic heterocycles. The highest BCUT2D eigenvalue weighted by molar-refractivity contribution is 6.35. The van der Waals surface area contributed by atoms with Crippen molar-refractivity contribution >= 4 is 22.5 Å². The molecule has 6 rings (SSSR count). The number of hydrogen-bond acceptors (Lipinski definition) is 4. The van der Waals surface area contributed by atoms with Crippen LogP contribution in [0.1, 0.15) is 76.0 Å². The molecule has 0 spiro atoms. The number of hydrogen-bond donors (Lipinski definition) is 2. The highest BCUT2D eigenvalue weighted by Crippen LogP contribution is 2.51. The smallest absolute Gasteiger partial charge is 0.279 e.